The van der Waals surface area contributed by atoms with Crippen molar-refractivity contribution in [2.75, 3.05) is 32.3 Å². The van der Waals surface area contributed by atoms with E-state index in [1.807, 2.05) is 19.1 Å². The molecule has 1 atom stereocenters. The summed E-state index contributed by atoms with van der Waals surface area (Å²) in [4.78, 5) is 6.76. The number of rotatable bonds is 8. The number of benzene rings is 1. The first-order valence-corrected chi connectivity index (χ1v) is 10.9. The van der Waals surface area contributed by atoms with Crippen molar-refractivity contribution in [1.29, 1.82) is 0 Å². The van der Waals surface area contributed by atoms with E-state index in [-0.39, 0.29) is 17.5 Å². The maximum atomic E-state index is 11.9. The summed E-state index contributed by atoms with van der Waals surface area (Å²) in [5.41, 5.74) is 1.47. The predicted octanol–water partition coefficient (Wildman–Crippen LogP) is 2.84. The van der Waals surface area contributed by atoms with Gasteiger partial charge in [0, 0.05) is 19.1 Å². The Labute approximate surface area is 165 Å². The fraction of sp³-hybridized carbons (Fsp3) is 0.450. The summed E-state index contributed by atoms with van der Waals surface area (Å²) in [5, 5.41) is 0. The van der Waals surface area contributed by atoms with Crippen LogP contribution in [0.5, 0.6) is 11.5 Å². The second-order valence-electron chi connectivity index (χ2n) is 6.86. The van der Waals surface area contributed by atoms with Crippen LogP contribution in [0.15, 0.2) is 35.3 Å². The van der Waals surface area contributed by atoms with Gasteiger partial charge < -0.3 is 13.9 Å². The third-order valence-corrected chi connectivity index (χ3v) is 6.72. The van der Waals surface area contributed by atoms with E-state index < -0.39 is 9.84 Å². The first kappa shape index (κ1) is 20.4. The molecule has 2 heterocycles. The highest BCUT2D eigenvalue weighted by atomic mass is 32.2. The van der Waals surface area contributed by atoms with Gasteiger partial charge in [0.05, 0.1) is 37.0 Å². The van der Waals surface area contributed by atoms with E-state index in [1.165, 1.54) is 0 Å². The van der Waals surface area contributed by atoms with Crippen LogP contribution in [0, 0.1) is 6.92 Å². The minimum absolute atomic E-state index is 0.0334. The molecule has 1 aliphatic rings. The van der Waals surface area contributed by atoms with Gasteiger partial charge in [-0.05, 0) is 31.5 Å². The van der Waals surface area contributed by atoms with Gasteiger partial charge in [-0.25, -0.2) is 13.4 Å². The highest BCUT2D eigenvalue weighted by Crippen LogP contribution is 2.34. The molecule has 0 N–H and O–H groups in total. The SMILES string of the molecule is C=CCN(Cc1nc(-c2cc(OC)ccc2OC)oc1C)[C@H]1CCS(=O)(=O)C1. The second kappa shape index (κ2) is 8.36. The summed E-state index contributed by atoms with van der Waals surface area (Å²) >= 11 is 0. The average Bonchev–Trinajstić information content (AvgIpc) is 3.22. The van der Waals surface area contributed by atoms with Gasteiger partial charge in [0.25, 0.3) is 0 Å². The lowest BCUT2D eigenvalue weighted by atomic mass is 10.2. The molecule has 1 aromatic carbocycles. The van der Waals surface area contributed by atoms with Gasteiger partial charge in [-0.15, -0.1) is 6.58 Å². The molecule has 0 spiro atoms. The highest BCUT2D eigenvalue weighted by Gasteiger charge is 2.32. The van der Waals surface area contributed by atoms with Crippen LogP contribution in [-0.2, 0) is 16.4 Å². The minimum atomic E-state index is -2.97. The second-order valence-corrected chi connectivity index (χ2v) is 9.09. The van der Waals surface area contributed by atoms with Crippen molar-refractivity contribution in [2.24, 2.45) is 0 Å². The molecule has 0 amide bonds. The van der Waals surface area contributed by atoms with E-state index in [9.17, 15) is 8.42 Å². The third-order valence-electron chi connectivity index (χ3n) is 4.97. The third kappa shape index (κ3) is 4.39. The van der Waals surface area contributed by atoms with Gasteiger partial charge in [-0.3, -0.25) is 4.90 Å². The Kier molecular flexibility index (Phi) is 6.10. The number of hydrogen-bond donors (Lipinski definition) is 0. The molecule has 3 rings (SSSR count). The van der Waals surface area contributed by atoms with E-state index >= 15 is 0 Å². The summed E-state index contributed by atoms with van der Waals surface area (Å²) in [6.07, 6.45) is 2.41. The number of aryl methyl sites for hydroxylation is 1. The summed E-state index contributed by atoms with van der Waals surface area (Å²) in [7, 11) is 0.224. The monoisotopic (exact) mass is 406 g/mol. The molecule has 152 valence electrons. The molecule has 8 heteroatoms. The topological polar surface area (TPSA) is 81.9 Å². The van der Waals surface area contributed by atoms with Crippen LogP contribution in [0.1, 0.15) is 17.9 Å². The number of sulfone groups is 1. The largest absolute Gasteiger partial charge is 0.497 e. The van der Waals surface area contributed by atoms with Crippen LogP contribution in [-0.4, -0.2) is 56.6 Å². The number of methoxy groups -OCH3 is 2. The maximum Gasteiger partial charge on any atom is 0.230 e. The maximum absolute atomic E-state index is 11.9. The van der Waals surface area contributed by atoms with Gasteiger partial charge >= 0.3 is 0 Å². The molecule has 0 saturated carbocycles. The van der Waals surface area contributed by atoms with Gasteiger partial charge in [0.1, 0.15) is 17.3 Å². The number of nitrogens with zero attached hydrogens (tertiary/aromatic N) is 2. The molecule has 1 fully saturated rings. The lowest BCUT2D eigenvalue weighted by molar-refractivity contribution is 0.223. The van der Waals surface area contributed by atoms with Crippen molar-refractivity contribution < 1.29 is 22.3 Å². The number of ether oxygens (including phenoxy) is 2. The smallest absolute Gasteiger partial charge is 0.230 e. The molecule has 0 unspecified atom stereocenters. The molecule has 1 aromatic heterocycles. The molecule has 1 aliphatic heterocycles. The number of hydrogen-bond acceptors (Lipinski definition) is 7. The zero-order chi connectivity index (χ0) is 20.3. The molecule has 0 aliphatic carbocycles. The van der Waals surface area contributed by atoms with Crippen LogP contribution in [0.2, 0.25) is 0 Å². The fourth-order valence-electron chi connectivity index (χ4n) is 3.44. The first-order valence-electron chi connectivity index (χ1n) is 9.11. The molecule has 28 heavy (non-hydrogen) atoms. The molecule has 1 saturated heterocycles. The van der Waals surface area contributed by atoms with E-state index in [0.29, 0.717) is 48.2 Å². The summed E-state index contributed by atoms with van der Waals surface area (Å²) < 4.78 is 40.4. The zero-order valence-electron chi connectivity index (χ0n) is 16.5. The number of aromatic nitrogens is 1. The van der Waals surface area contributed by atoms with E-state index in [2.05, 4.69) is 16.5 Å². The molecule has 2 aromatic rings. The van der Waals surface area contributed by atoms with Crippen molar-refractivity contribution in [3.05, 3.63) is 42.3 Å². The summed E-state index contributed by atoms with van der Waals surface area (Å²) in [6.45, 7) is 6.74. The summed E-state index contributed by atoms with van der Waals surface area (Å²) in [6, 6.07) is 5.40. The molecular formula is C20H26N2O5S. The molecule has 7 nitrogen and oxygen atoms in total. The minimum Gasteiger partial charge on any atom is -0.497 e. The number of oxazole rings is 1. The van der Waals surface area contributed by atoms with Gasteiger partial charge in [-0.2, -0.15) is 0 Å². The standard InChI is InChI=1S/C20H26N2O5S/c1-5-9-22(15-8-10-28(23,24)13-15)12-18-14(2)27-20(21-18)17-11-16(25-3)6-7-19(17)26-4/h5-7,11,15H,1,8-10,12-13H2,2-4H3/t15-/m0/s1. The lowest BCUT2D eigenvalue weighted by Crippen LogP contribution is -2.36. The summed E-state index contributed by atoms with van der Waals surface area (Å²) in [5.74, 6) is 2.86. The first-order chi connectivity index (χ1) is 13.4. The van der Waals surface area contributed by atoms with Crippen LogP contribution in [0.3, 0.4) is 0 Å². The fourth-order valence-corrected chi connectivity index (χ4v) is 5.20. The Morgan fingerprint density at radius 1 is 1.36 bits per heavy atom. The molecule has 0 bridgehead atoms. The molecule has 0 radical (unpaired) electrons. The van der Waals surface area contributed by atoms with Gasteiger partial charge in [0.2, 0.25) is 5.89 Å². The highest BCUT2D eigenvalue weighted by molar-refractivity contribution is 7.91. The van der Waals surface area contributed by atoms with Crippen LogP contribution in [0.25, 0.3) is 11.5 Å². The lowest BCUT2D eigenvalue weighted by Gasteiger charge is -2.25. The van der Waals surface area contributed by atoms with E-state index in [0.717, 1.165) is 5.69 Å². The normalized spacial score (nSPS) is 18.4. The Morgan fingerprint density at radius 3 is 2.75 bits per heavy atom. The molecular weight excluding hydrogens is 380 g/mol. The average molecular weight is 407 g/mol. The predicted molar refractivity (Wildman–Crippen MR) is 107 cm³/mol. The van der Waals surface area contributed by atoms with Crippen molar-refractivity contribution in [2.45, 2.75) is 25.9 Å². The van der Waals surface area contributed by atoms with E-state index in [1.54, 1.807) is 26.4 Å². The zero-order valence-corrected chi connectivity index (χ0v) is 17.3. The van der Waals surface area contributed by atoms with Crippen LogP contribution in [0.4, 0.5) is 0 Å². The van der Waals surface area contributed by atoms with Gasteiger partial charge in [0.15, 0.2) is 9.84 Å². The quantitative estimate of drug-likeness (QED) is 0.624. The Hall–Kier alpha value is -2.32. The Morgan fingerprint density at radius 2 is 2.14 bits per heavy atom. The van der Waals surface area contributed by atoms with Crippen molar-refractivity contribution >= 4 is 9.84 Å². The van der Waals surface area contributed by atoms with Crippen molar-refractivity contribution in [1.82, 2.24) is 9.88 Å². The van der Waals surface area contributed by atoms with Gasteiger partial charge in [-0.1, -0.05) is 6.08 Å². The Balaban J connectivity index is 1.88. The van der Waals surface area contributed by atoms with Crippen molar-refractivity contribution in [3.63, 3.8) is 0 Å². The van der Waals surface area contributed by atoms with E-state index in [4.69, 9.17) is 13.9 Å². The van der Waals surface area contributed by atoms with Crippen molar-refractivity contribution in [3.8, 4) is 23.0 Å². The Bertz CT molecular complexity index is 952. The van der Waals surface area contributed by atoms with Crippen LogP contribution >= 0.6 is 0 Å². The van der Waals surface area contributed by atoms with Crippen LogP contribution < -0.4 is 9.47 Å².